The van der Waals surface area contributed by atoms with Crippen LogP contribution >= 0.6 is 0 Å². The third kappa shape index (κ3) is 5.26. The van der Waals surface area contributed by atoms with Crippen molar-refractivity contribution in [1.82, 2.24) is 0 Å². The summed E-state index contributed by atoms with van der Waals surface area (Å²) in [5.74, 6) is 0. The molecule has 2 saturated heterocycles. The summed E-state index contributed by atoms with van der Waals surface area (Å²) < 4.78 is 17.4. The molecule has 136 valence electrons. The molecule has 2 fully saturated rings. The zero-order chi connectivity index (χ0) is 17.2. The van der Waals surface area contributed by atoms with Crippen LogP contribution in [0.2, 0.25) is 18.1 Å². The Labute approximate surface area is 146 Å². The van der Waals surface area contributed by atoms with E-state index in [0.29, 0.717) is 0 Å². The van der Waals surface area contributed by atoms with Gasteiger partial charge in [-0.3, -0.25) is 0 Å². The van der Waals surface area contributed by atoms with Gasteiger partial charge in [-0.1, -0.05) is 57.5 Å². The van der Waals surface area contributed by atoms with Crippen molar-refractivity contribution in [3.8, 4) is 0 Å². The maximum Gasteiger partial charge on any atom is 0.370 e. The van der Waals surface area contributed by atoms with Gasteiger partial charge in [-0.05, 0) is 18.9 Å². The largest absolute Gasteiger partial charge is 0.396 e. The lowest BCUT2D eigenvalue weighted by Gasteiger charge is -2.47. The zero-order valence-corrected chi connectivity index (χ0v) is 18.0. The Morgan fingerprint density at radius 2 is 1.70 bits per heavy atom. The van der Waals surface area contributed by atoms with Gasteiger partial charge in [0.15, 0.2) is 0 Å². The molecule has 2 heterocycles. The van der Waals surface area contributed by atoms with Gasteiger partial charge in [0, 0.05) is 21.3 Å². The highest BCUT2D eigenvalue weighted by Gasteiger charge is 2.58. The molecule has 0 aromatic rings. The molecule has 0 bridgehead atoms. The molecule has 5 heteroatoms. The summed E-state index contributed by atoms with van der Waals surface area (Å²) in [7, 11) is 2.88. The average Bonchev–Trinajstić information content (AvgIpc) is 2.63. The van der Waals surface area contributed by atoms with E-state index in [9.17, 15) is 0 Å². The lowest BCUT2D eigenvalue weighted by Crippen LogP contribution is -2.64. The third-order valence-electron chi connectivity index (χ3n) is 5.72. The Hall–Kier alpha value is 0.0538. The van der Waals surface area contributed by atoms with Crippen molar-refractivity contribution in [2.75, 3.05) is 21.3 Å². The number of methoxy groups -OCH3 is 1. The van der Waals surface area contributed by atoms with Gasteiger partial charge in [-0.25, -0.2) is 0 Å². The zero-order valence-electron chi connectivity index (χ0n) is 15.9. The summed E-state index contributed by atoms with van der Waals surface area (Å²) in [5.41, 5.74) is 2.25. The second-order valence-electron chi connectivity index (χ2n) is 6.95. The summed E-state index contributed by atoms with van der Waals surface area (Å²) in [4.78, 5) is 0. The summed E-state index contributed by atoms with van der Waals surface area (Å²) in [6.45, 7) is 6.04. The predicted octanol–water partition coefficient (Wildman–Crippen LogP) is 4.75. The Balaban J connectivity index is 0.000000277. The van der Waals surface area contributed by atoms with Crippen molar-refractivity contribution in [2.45, 2.75) is 81.6 Å². The summed E-state index contributed by atoms with van der Waals surface area (Å²) in [6, 6.07) is 4.13. The molecule has 0 amide bonds. The van der Waals surface area contributed by atoms with Crippen LogP contribution in [-0.2, 0) is 13.6 Å². The van der Waals surface area contributed by atoms with Gasteiger partial charge in [0.2, 0.25) is 0 Å². The maximum absolute atomic E-state index is 5.83. The fourth-order valence-corrected chi connectivity index (χ4v) is 10.7. The van der Waals surface area contributed by atoms with Gasteiger partial charge < -0.3 is 13.6 Å². The van der Waals surface area contributed by atoms with Crippen LogP contribution in [-0.4, -0.2) is 43.9 Å². The monoisotopic (exact) mass is 358 g/mol. The Morgan fingerprint density at radius 3 is 2.13 bits per heavy atom. The van der Waals surface area contributed by atoms with Crippen LogP contribution in [0.15, 0.2) is 12.3 Å². The first-order valence-corrected chi connectivity index (χ1v) is 13.7. The molecule has 1 atom stereocenters. The third-order valence-corrected chi connectivity index (χ3v) is 13.1. The van der Waals surface area contributed by atoms with Gasteiger partial charge in [0.1, 0.15) is 5.22 Å². The van der Waals surface area contributed by atoms with E-state index in [1.807, 2.05) is 0 Å². The van der Waals surface area contributed by atoms with Crippen molar-refractivity contribution in [3.63, 3.8) is 0 Å². The first kappa shape index (κ1) is 21.1. The standard InChI is InChI=1S/C11H24O3Si.C7H14Si/c1-5-8-11(12-2)9-6-7-10-15(11,13-3)14-4;1-2-8-6-4-3-5-7-8/h5-10H2,1-4H3;2,8H,1,3-7H2. The smallest absolute Gasteiger partial charge is 0.370 e. The molecule has 0 spiro atoms. The van der Waals surface area contributed by atoms with Crippen LogP contribution in [0.5, 0.6) is 0 Å². The van der Waals surface area contributed by atoms with Crippen molar-refractivity contribution in [2.24, 2.45) is 0 Å². The van der Waals surface area contributed by atoms with E-state index in [0.717, 1.165) is 25.3 Å². The van der Waals surface area contributed by atoms with E-state index in [1.165, 1.54) is 44.2 Å². The van der Waals surface area contributed by atoms with Gasteiger partial charge in [-0.2, -0.15) is 0 Å². The highest BCUT2D eigenvalue weighted by Crippen LogP contribution is 2.42. The molecule has 3 nitrogen and oxygen atoms in total. The topological polar surface area (TPSA) is 27.7 Å². The quantitative estimate of drug-likeness (QED) is 0.641. The van der Waals surface area contributed by atoms with Gasteiger partial charge in [0.25, 0.3) is 0 Å². The normalized spacial score (nSPS) is 27.8. The molecule has 2 aliphatic heterocycles. The summed E-state index contributed by atoms with van der Waals surface area (Å²) >= 11 is 0. The number of rotatable bonds is 6. The first-order chi connectivity index (χ1) is 11.1. The molecule has 23 heavy (non-hydrogen) atoms. The van der Waals surface area contributed by atoms with E-state index in [1.54, 1.807) is 21.3 Å². The Bertz CT molecular complexity index is 324. The molecule has 0 aliphatic carbocycles. The van der Waals surface area contributed by atoms with Crippen LogP contribution in [0, 0.1) is 0 Å². The molecule has 2 rings (SSSR count). The second-order valence-corrected chi connectivity index (χ2v) is 13.8. The maximum atomic E-state index is 5.83. The van der Waals surface area contributed by atoms with Crippen molar-refractivity contribution >= 4 is 17.4 Å². The van der Waals surface area contributed by atoms with E-state index >= 15 is 0 Å². The molecule has 0 aromatic carbocycles. The predicted molar refractivity (Wildman–Crippen MR) is 104 cm³/mol. The Morgan fingerprint density at radius 1 is 1.04 bits per heavy atom. The summed E-state index contributed by atoms with van der Waals surface area (Å²) in [5, 5.41) is -0.122. The molecule has 0 aromatic heterocycles. The minimum atomic E-state index is -2.15. The van der Waals surface area contributed by atoms with Gasteiger partial charge in [-0.15, -0.1) is 12.3 Å². The molecule has 0 N–H and O–H groups in total. The van der Waals surface area contributed by atoms with E-state index in [4.69, 9.17) is 13.6 Å². The highest BCUT2D eigenvalue weighted by molar-refractivity contribution is 6.70. The van der Waals surface area contributed by atoms with E-state index < -0.39 is 8.56 Å². The van der Waals surface area contributed by atoms with Crippen LogP contribution < -0.4 is 0 Å². The number of hydrogen-bond donors (Lipinski definition) is 0. The molecule has 1 unspecified atom stereocenters. The average molecular weight is 359 g/mol. The first-order valence-electron chi connectivity index (χ1n) is 9.41. The fraction of sp³-hybridized carbons (Fsp3) is 0.889. The van der Waals surface area contributed by atoms with Crippen LogP contribution in [0.25, 0.3) is 0 Å². The highest BCUT2D eigenvalue weighted by atomic mass is 28.4. The molecule has 0 saturated carbocycles. The van der Waals surface area contributed by atoms with Crippen LogP contribution in [0.4, 0.5) is 0 Å². The van der Waals surface area contributed by atoms with Crippen molar-refractivity contribution < 1.29 is 13.6 Å². The lowest BCUT2D eigenvalue weighted by atomic mass is 10.1. The van der Waals surface area contributed by atoms with Crippen LogP contribution in [0.1, 0.15) is 58.3 Å². The molecule has 2 aliphatic rings. The Kier molecular flexibility index (Phi) is 9.93. The van der Waals surface area contributed by atoms with E-state index in [-0.39, 0.29) is 14.0 Å². The number of hydrogen-bond acceptors (Lipinski definition) is 3. The fourth-order valence-electron chi connectivity index (χ4n) is 4.29. The van der Waals surface area contributed by atoms with E-state index in [2.05, 4.69) is 19.2 Å². The minimum Gasteiger partial charge on any atom is -0.396 e. The van der Waals surface area contributed by atoms with Gasteiger partial charge >= 0.3 is 8.56 Å². The molecular weight excluding hydrogens is 320 g/mol. The van der Waals surface area contributed by atoms with Gasteiger partial charge in [0.05, 0.1) is 8.80 Å². The van der Waals surface area contributed by atoms with Crippen molar-refractivity contribution in [3.05, 3.63) is 12.3 Å². The lowest BCUT2D eigenvalue weighted by molar-refractivity contribution is -0.0149. The molecular formula is C18H38O3Si2. The molecule has 0 radical (unpaired) electrons. The van der Waals surface area contributed by atoms with Crippen molar-refractivity contribution in [1.29, 1.82) is 0 Å². The second kappa shape index (κ2) is 10.8. The van der Waals surface area contributed by atoms with Crippen LogP contribution in [0.3, 0.4) is 0 Å². The number of ether oxygens (including phenoxy) is 1. The summed E-state index contributed by atoms with van der Waals surface area (Å²) in [6.07, 6.45) is 10.2. The minimum absolute atomic E-state index is 0.122. The SMILES string of the molecule is C=C[SiH]1CCCCC1.CCCC1(OC)CCCC[Si]1(OC)OC.